The second-order valence-corrected chi connectivity index (χ2v) is 7.34. The number of hydrogen-bond donors (Lipinski definition) is 0. The SMILES string of the molecule is O=C(/C=C/c1cn(-c2ccccc2)nc1-c1cccc(Br)c1)c1ccc(F)cc1. The number of allylic oxidation sites excluding steroid dienone is 1. The van der Waals surface area contributed by atoms with Gasteiger partial charge in [-0.15, -0.1) is 0 Å². The Labute approximate surface area is 176 Å². The molecule has 0 aliphatic heterocycles. The standard InChI is InChI=1S/C24H16BrFN2O/c25-20-6-4-5-18(15-20)24-19(16-28(27-24)22-7-2-1-3-8-22)11-14-23(29)17-9-12-21(26)13-10-17/h1-16H/b14-11+. The molecule has 29 heavy (non-hydrogen) atoms. The summed E-state index contributed by atoms with van der Waals surface area (Å²) >= 11 is 3.50. The van der Waals surface area contributed by atoms with Gasteiger partial charge in [-0.2, -0.15) is 5.10 Å². The van der Waals surface area contributed by atoms with Crippen LogP contribution in [0.3, 0.4) is 0 Å². The molecule has 0 unspecified atom stereocenters. The molecule has 5 heteroatoms. The van der Waals surface area contributed by atoms with E-state index in [1.165, 1.54) is 30.3 Å². The molecule has 0 N–H and O–H groups in total. The van der Waals surface area contributed by atoms with Crippen LogP contribution in [0.15, 0.2) is 95.6 Å². The summed E-state index contributed by atoms with van der Waals surface area (Å²) in [4.78, 5) is 12.5. The van der Waals surface area contributed by atoms with Gasteiger partial charge in [0.25, 0.3) is 0 Å². The summed E-state index contributed by atoms with van der Waals surface area (Å²) in [5.41, 5.74) is 3.86. The zero-order valence-electron chi connectivity index (χ0n) is 15.3. The van der Waals surface area contributed by atoms with E-state index in [4.69, 9.17) is 5.10 Å². The van der Waals surface area contributed by atoms with Gasteiger partial charge in [0.15, 0.2) is 5.78 Å². The van der Waals surface area contributed by atoms with Gasteiger partial charge in [0.05, 0.1) is 11.4 Å². The highest BCUT2D eigenvalue weighted by Gasteiger charge is 2.12. The summed E-state index contributed by atoms with van der Waals surface area (Å²) < 4.78 is 15.8. The molecule has 4 rings (SSSR count). The van der Waals surface area contributed by atoms with Crippen LogP contribution < -0.4 is 0 Å². The van der Waals surface area contributed by atoms with Gasteiger partial charge >= 0.3 is 0 Å². The molecule has 0 bridgehead atoms. The van der Waals surface area contributed by atoms with Crippen molar-refractivity contribution in [1.82, 2.24) is 9.78 Å². The van der Waals surface area contributed by atoms with Crippen LogP contribution >= 0.6 is 15.9 Å². The molecule has 142 valence electrons. The third-order valence-corrected chi connectivity index (χ3v) is 4.90. The Hall–Kier alpha value is -3.31. The molecule has 0 spiro atoms. The first-order chi connectivity index (χ1) is 14.1. The highest BCUT2D eigenvalue weighted by molar-refractivity contribution is 9.10. The number of carbonyl (C=O) groups excluding carboxylic acids is 1. The van der Waals surface area contributed by atoms with Crippen molar-refractivity contribution >= 4 is 27.8 Å². The lowest BCUT2D eigenvalue weighted by molar-refractivity contribution is 0.104. The molecule has 4 aromatic rings. The number of para-hydroxylation sites is 1. The maximum Gasteiger partial charge on any atom is 0.185 e. The topological polar surface area (TPSA) is 34.9 Å². The Morgan fingerprint density at radius 3 is 2.45 bits per heavy atom. The van der Waals surface area contributed by atoms with Gasteiger partial charge in [0.1, 0.15) is 5.82 Å². The highest BCUT2D eigenvalue weighted by Crippen LogP contribution is 2.27. The van der Waals surface area contributed by atoms with Crippen LogP contribution in [0.2, 0.25) is 0 Å². The molecule has 0 aliphatic rings. The van der Waals surface area contributed by atoms with Crippen LogP contribution in [-0.4, -0.2) is 15.6 Å². The van der Waals surface area contributed by atoms with Crippen LogP contribution in [0.1, 0.15) is 15.9 Å². The summed E-state index contributed by atoms with van der Waals surface area (Å²) in [6.07, 6.45) is 5.12. The molecule has 0 amide bonds. The van der Waals surface area contributed by atoms with Crippen molar-refractivity contribution in [3.8, 4) is 16.9 Å². The molecule has 1 heterocycles. The second kappa shape index (κ2) is 8.37. The Morgan fingerprint density at radius 1 is 0.966 bits per heavy atom. The molecule has 1 aromatic heterocycles. The minimum atomic E-state index is -0.369. The number of carbonyl (C=O) groups is 1. The number of ketones is 1. The van der Waals surface area contributed by atoms with Crippen molar-refractivity contribution in [3.05, 3.63) is 113 Å². The lowest BCUT2D eigenvalue weighted by atomic mass is 10.1. The fourth-order valence-corrected chi connectivity index (χ4v) is 3.36. The van der Waals surface area contributed by atoms with Crippen molar-refractivity contribution in [2.24, 2.45) is 0 Å². The lowest BCUT2D eigenvalue weighted by Crippen LogP contribution is -1.93. The first-order valence-electron chi connectivity index (χ1n) is 8.99. The van der Waals surface area contributed by atoms with Crippen molar-refractivity contribution in [2.45, 2.75) is 0 Å². The number of nitrogens with zero attached hydrogens (tertiary/aromatic N) is 2. The van der Waals surface area contributed by atoms with Gasteiger partial charge in [0.2, 0.25) is 0 Å². The normalized spacial score (nSPS) is 11.1. The van der Waals surface area contributed by atoms with E-state index in [0.29, 0.717) is 5.56 Å². The number of benzene rings is 3. The number of rotatable bonds is 5. The van der Waals surface area contributed by atoms with Gasteiger partial charge in [-0.3, -0.25) is 4.79 Å². The van der Waals surface area contributed by atoms with Gasteiger partial charge in [0, 0.05) is 27.4 Å². The summed E-state index contributed by atoms with van der Waals surface area (Å²) in [7, 11) is 0. The predicted octanol–water partition coefficient (Wildman–Crippen LogP) is 6.34. The van der Waals surface area contributed by atoms with Gasteiger partial charge in [-0.1, -0.05) is 46.3 Å². The molecular formula is C24H16BrFN2O. The van der Waals surface area contributed by atoms with Crippen molar-refractivity contribution in [3.63, 3.8) is 0 Å². The van der Waals surface area contributed by atoms with Gasteiger partial charge in [-0.25, -0.2) is 9.07 Å². The third kappa shape index (κ3) is 4.41. The Morgan fingerprint density at radius 2 is 1.72 bits per heavy atom. The number of aromatic nitrogens is 2. The summed E-state index contributed by atoms with van der Waals surface area (Å²) in [5, 5.41) is 4.74. The molecule has 0 aliphatic carbocycles. The molecule has 3 nitrogen and oxygen atoms in total. The summed E-state index contributed by atoms with van der Waals surface area (Å²) in [5.74, 6) is -0.565. The molecule has 0 fully saturated rings. The highest BCUT2D eigenvalue weighted by atomic mass is 79.9. The Balaban J connectivity index is 1.73. The fraction of sp³-hybridized carbons (Fsp3) is 0. The van der Waals surface area contributed by atoms with Crippen LogP contribution in [0.4, 0.5) is 4.39 Å². The van der Waals surface area contributed by atoms with Crippen molar-refractivity contribution in [1.29, 1.82) is 0 Å². The predicted molar refractivity (Wildman–Crippen MR) is 116 cm³/mol. The van der Waals surface area contributed by atoms with E-state index in [0.717, 1.165) is 27.0 Å². The van der Waals surface area contributed by atoms with E-state index >= 15 is 0 Å². The Kier molecular flexibility index (Phi) is 5.49. The first-order valence-corrected chi connectivity index (χ1v) is 9.78. The van der Waals surface area contributed by atoms with E-state index < -0.39 is 0 Å². The van der Waals surface area contributed by atoms with Crippen molar-refractivity contribution in [2.75, 3.05) is 0 Å². The van der Waals surface area contributed by atoms with E-state index in [1.54, 1.807) is 10.8 Å². The Bertz CT molecular complexity index is 1180. The van der Waals surface area contributed by atoms with Crippen LogP contribution in [0, 0.1) is 5.82 Å². The molecule has 0 atom stereocenters. The lowest BCUT2D eigenvalue weighted by Gasteiger charge is -2.01. The van der Waals surface area contributed by atoms with E-state index in [2.05, 4.69) is 15.9 Å². The zero-order chi connectivity index (χ0) is 20.2. The second-order valence-electron chi connectivity index (χ2n) is 6.43. The molecule has 0 saturated heterocycles. The van der Waals surface area contributed by atoms with Crippen LogP contribution in [0.25, 0.3) is 23.0 Å². The van der Waals surface area contributed by atoms with Crippen LogP contribution in [-0.2, 0) is 0 Å². The number of halogens is 2. The number of hydrogen-bond acceptors (Lipinski definition) is 2. The third-order valence-electron chi connectivity index (χ3n) is 4.40. The molecule has 0 radical (unpaired) electrons. The largest absolute Gasteiger partial charge is 0.289 e. The molecule has 0 saturated carbocycles. The van der Waals surface area contributed by atoms with Crippen molar-refractivity contribution < 1.29 is 9.18 Å². The minimum Gasteiger partial charge on any atom is -0.289 e. The van der Waals surface area contributed by atoms with Crippen LogP contribution in [0.5, 0.6) is 0 Å². The monoisotopic (exact) mass is 446 g/mol. The van der Waals surface area contributed by atoms with E-state index in [-0.39, 0.29) is 11.6 Å². The fourth-order valence-electron chi connectivity index (χ4n) is 2.96. The quantitative estimate of drug-likeness (QED) is 0.265. The minimum absolute atomic E-state index is 0.197. The van der Waals surface area contributed by atoms with E-state index in [9.17, 15) is 9.18 Å². The summed E-state index contributed by atoms with van der Waals surface area (Å²) in [6.45, 7) is 0. The average molecular weight is 447 g/mol. The maximum absolute atomic E-state index is 13.1. The van der Waals surface area contributed by atoms with Gasteiger partial charge < -0.3 is 0 Å². The first kappa shape index (κ1) is 19.0. The van der Waals surface area contributed by atoms with E-state index in [1.807, 2.05) is 60.8 Å². The zero-order valence-corrected chi connectivity index (χ0v) is 16.9. The maximum atomic E-state index is 13.1. The summed E-state index contributed by atoms with van der Waals surface area (Å²) in [6, 6.07) is 23.1. The van der Waals surface area contributed by atoms with Gasteiger partial charge in [-0.05, 0) is 60.7 Å². The molecule has 3 aromatic carbocycles. The molecular weight excluding hydrogens is 431 g/mol. The average Bonchev–Trinajstić information content (AvgIpc) is 3.17. The smallest absolute Gasteiger partial charge is 0.185 e.